The molecule has 8 heteroatoms. The van der Waals surface area contributed by atoms with E-state index in [0.717, 1.165) is 12.1 Å². The van der Waals surface area contributed by atoms with E-state index in [0.29, 0.717) is 5.56 Å². The van der Waals surface area contributed by atoms with E-state index in [-0.39, 0.29) is 30.1 Å². The molecule has 150 valence electrons. The smallest absolute Gasteiger partial charge is 0.423 e. The van der Waals surface area contributed by atoms with Gasteiger partial charge in [0.25, 0.3) is 0 Å². The number of ketones is 1. The average molecular weight is 395 g/mol. The Morgan fingerprint density at radius 1 is 1.11 bits per heavy atom. The van der Waals surface area contributed by atoms with E-state index in [2.05, 4.69) is 0 Å². The lowest BCUT2D eigenvalue weighted by Crippen LogP contribution is -2.13. The minimum atomic E-state index is -4.91. The fraction of sp³-hybridized carbons (Fsp3) is 0.300. The number of amides is 1. The summed E-state index contributed by atoms with van der Waals surface area (Å²) in [7, 11) is 0. The zero-order valence-corrected chi connectivity index (χ0v) is 15.3. The van der Waals surface area contributed by atoms with E-state index in [1.165, 1.54) is 24.3 Å². The molecule has 2 aromatic rings. The monoisotopic (exact) mass is 395 g/mol. The van der Waals surface area contributed by atoms with E-state index >= 15 is 0 Å². The van der Waals surface area contributed by atoms with Crippen molar-refractivity contribution in [3.05, 3.63) is 58.7 Å². The summed E-state index contributed by atoms with van der Waals surface area (Å²) in [4.78, 5) is 23.2. The molecule has 1 amide bonds. The summed E-state index contributed by atoms with van der Waals surface area (Å²) < 4.78 is 45.7. The van der Waals surface area contributed by atoms with Crippen LogP contribution in [0.5, 0.6) is 11.5 Å². The molecule has 0 aliphatic carbocycles. The molecule has 5 nitrogen and oxygen atoms in total. The summed E-state index contributed by atoms with van der Waals surface area (Å²) in [5.74, 6) is -3.00. The first-order valence-electron chi connectivity index (χ1n) is 8.48. The van der Waals surface area contributed by atoms with Crippen LogP contribution in [-0.4, -0.2) is 16.8 Å². The lowest BCUT2D eigenvalue weighted by molar-refractivity contribution is -0.140. The van der Waals surface area contributed by atoms with Crippen molar-refractivity contribution in [2.45, 2.75) is 33.1 Å². The third kappa shape index (κ3) is 5.03. The van der Waals surface area contributed by atoms with Crippen LogP contribution in [-0.2, 0) is 12.8 Å². The van der Waals surface area contributed by atoms with Gasteiger partial charge in [-0.2, -0.15) is 13.2 Å². The molecule has 0 fully saturated rings. The number of primary amides is 1. The number of rotatable bonds is 7. The Labute approximate surface area is 159 Å². The number of carbonyl (C=O) groups is 2. The van der Waals surface area contributed by atoms with Crippen LogP contribution in [0, 0.1) is 5.92 Å². The van der Waals surface area contributed by atoms with Crippen LogP contribution >= 0.6 is 0 Å². The number of benzene rings is 2. The lowest BCUT2D eigenvalue weighted by atomic mass is 9.97. The minimum Gasteiger partial charge on any atom is -0.506 e. The summed E-state index contributed by atoms with van der Waals surface area (Å²) in [5.41, 5.74) is 4.10. The second kappa shape index (κ2) is 8.33. The maximum atomic E-state index is 13.5. The third-order valence-corrected chi connectivity index (χ3v) is 3.95. The first-order valence-corrected chi connectivity index (χ1v) is 8.48. The summed E-state index contributed by atoms with van der Waals surface area (Å²) in [6.07, 6.45) is -4.90. The Morgan fingerprint density at radius 3 is 2.21 bits per heavy atom. The van der Waals surface area contributed by atoms with E-state index < -0.39 is 34.9 Å². The highest BCUT2D eigenvalue weighted by molar-refractivity contribution is 5.99. The fourth-order valence-electron chi connectivity index (χ4n) is 2.60. The number of nitrogens with two attached hydrogens (primary N) is 1. The van der Waals surface area contributed by atoms with Crippen molar-refractivity contribution in [1.82, 2.24) is 0 Å². The van der Waals surface area contributed by atoms with Crippen molar-refractivity contribution in [3.8, 4) is 11.5 Å². The largest absolute Gasteiger partial charge is 0.506 e. The van der Waals surface area contributed by atoms with Crippen LogP contribution in [0.25, 0.3) is 0 Å². The van der Waals surface area contributed by atoms with E-state index in [1.807, 2.05) is 0 Å². The number of hydrogen-bond acceptors (Lipinski definition) is 4. The first-order chi connectivity index (χ1) is 13.0. The van der Waals surface area contributed by atoms with Crippen molar-refractivity contribution in [2.75, 3.05) is 0 Å². The molecule has 0 unspecified atom stereocenters. The van der Waals surface area contributed by atoms with Crippen molar-refractivity contribution < 1.29 is 32.6 Å². The minimum absolute atomic E-state index is 0.0112. The Bertz CT molecular complexity index is 874. The van der Waals surface area contributed by atoms with E-state index in [4.69, 9.17) is 10.5 Å². The van der Waals surface area contributed by atoms with Gasteiger partial charge in [-0.25, -0.2) is 0 Å². The van der Waals surface area contributed by atoms with Crippen LogP contribution < -0.4 is 10.5 Å². The van der Waals surface area contributed by atoms with Crippen LogP contribution in [0.1, 0.15) is 52.1 Å². The highest BCUT2D eigenvalue weighted by Gasteiger charge is 2.39. The molecule has 0 bridgehead atoms. The maximum Gasteiger partial charge on any atom is 0.423 e. The SMILES string of the molecule is CC(C)CC(=O)c1ccc(OCc2ccc(C(N)=O)cc2)c(C(F)(F)F)c1O. The zero-order valence-electron chi connectivity index (χ0n) is 15.3. The molecule has 2 rings (SSSR count). The number of carbonyl (C=O) groups excluding carboxylic acids is 2. The summed E-state index contributed by atoms with van der Waals surface area (Å²) in [6, 6.07) is 7.99. The maximum absolute atomic E-state index is 13.5. The molecule has 0 aliphatic rings. The number of phenols is 1. The molecule has 0 spiro atoms. The predicted molar refractivity (Wildman–Crippen MR) is 96.2 cm³/mol. The van der Waals surface area contributed by atoms with Crippen LogP contribution in [0.2, 0.25) is 0 Å². The molecule has 0 atom stereocenters. The summed E-state index contributed by atoms with van der Waals surface area (Å²) >= 11 is 0. The Hall–Kier alpha value is -3.03. The van der Waals surface area contributed by atoms with Crippen LogP contribution in [0.15, 0.2) is 36.4 Å². The molecular formula is C20H20F3NO4. The number of hydrogen-bond donors (Lipinski definition) is 2. The van der Waals surface area contributed by atoms with Gasteiger partial charge in [-0.1, -0.05) is 26.0 Å². The van der Waals surface area contributed by atoms with Gasteiger partial charge in [0.05, 0.1) is 5.56 Å². The zero-order chi connectivity index (χ0) is 21.1. The Morgan fingerprint density at radius 2 is 1.71 bits per heavy atom. The number of alkyl halides is 3. The lowest BCUT2D eigenvalue weighted by Gasteiger charge is -2.17. The number of aromatic hydroxyl groups is 1. The molecular weight excluding hydrogens is 375 g/mol. The fourth-order valence-corrected chi connectivity index (χ4v) is 2.60. The van der Waals surface area contributed by atoms with Gasteiger partial charge in [0.2, 0.25) is 5.91 Å². The van der Waals surface area contributed by atoms with Crippen molar-refractivity contribution in [1.29, 1.82) is 0 Å². The molecule has 0 aliphatic heterocycles. The number of ether oxygens (including phenoxy) is 1. The Kier molecular flexibility index (Phi) is 6.33. The second-order valence-electron chi connectivity index (χ2n) is 6.70. The molecule has 0 saturated heterocycles. The molecule has 2 aromatic carbocycles. The van der Waals surface area contributed by atoms with Crippen molar-refractivity contribution in [2.24, 2.45) is 11.7 Å². The van der Waals surface area contributed by atoms with Gasteiger partial charge in [-0.15, -0.1) is 0 Å². The van der Waals surface area contributed by atoms with Crippen LogP contribution in [0.4, 0.5) is 13.2 Å². The summed E-state index contributed by atoms with van der Waals surface area (Å²) in [5, 5.41) is 10.1. The number of halogens is 3. The topological polar surface area (TPSA) is 89.6 Å². The van der Waals surface area contributed by atoms with Gasteiger partial charge in [-0.05, 0) is 35.7 Å². The normalized spacial score (nSPS) is 11.5. The van der Waals surface area contributed by atoms with Crippen LogP contribution in [0.3, 0.4) is 0 Å². The van der Waals surface area contributed by atoms with Gasteiger partial charge >= 0.3 is 6.18 Å². The first kappa shape index (κ1) is 21.3. The molecule has 0 heterocycles. The standard InChI is InChI=1S/C20H20F3NO4/c1-11(2)9-15(25)14-7-8-16(17(18(14)26)20(21,22)23)28-10-12-3-5-13(6-4-12)19(24)27/h3-8,11,26H,9-10H2,1-2H3,(H2,24,27). The summed E-state index contributed by atoms with van der Waals surface area (Å²) in [6.45, 7) is 3.27. The van der Waals surface area contributed by atoms with E-state index in [9.17, 15) is 27.9 Å². The van der Waals surface area contributed by atoms with Gasteiger partial charge in [-0.3, -0.25) is 9.59 Å². The van der Waals surface area contributed by atoms with Crippen molar-refractivity contribution in [3.63, 3.8) is 0 Å². The van der Waals surface area contributed by atoms with Gasteiger partial charge in [0.1, 0.15) is 23.7 Å². The highest BCUT2D eigenvalue weighted by atomic mass is 19.4. The quantitative estimate of drug-likeness (QED) is 0.684. The average Bonchev–Trinajstić information content (AvgIpc) is 2.58. The number of Topliss-reactive ketones (excluding diaryl/α,β-unsaturated/α-hetero) is 1. The molecule has 28 heavy (non-hydrogen) atoms. The highest BCUT2D eigenvalue weighted by Crippen LogP contribution is 2.44. The number of phenolic OH excluding ortho intramolecular Hbond substituents is 1. The van der Waals surface area contributed by atoms with Gasteiger partial charge < -0.3 is 15.6 Å². The third-order valence-electron chi connectivity index (χ3n) is 3.95. The Balaban J connectivity index is 2.32. The second-order valence-corrected chi connectivity index (χ2v) is 6.70. The van der Waals surface area contributed by atoms with E-state index in [1.54, 1.807) is 13.8 Å². The molecule has 0 aromatic heterocycles. The molecule has 3 N–H and O–H groups in total. The predicted octanol–water partition coefficient (Wildman–Crippen LogP) is 4.32. The molecule has 0 saturated carbocycles. The molecule has 0 radical (unpaired) electrons. The van der Waals surface area contributed by atoms with Gasteiger partial charge in [0, 0.05) is 12.0 Å². The van der Waals surface area contributed by atoms with Crippen molar-refractivity contribution >= 4 is 11.7 Å². The van der Waals surface area contributed by atoms with Gasteiger partial charge in [0.15, 0.2) is 5.78 Å².